The second kappa shape index (κ2) is 4.17. The minimum Gasteiger partial charge on any atom is -0.381 e. The van der Waals surface area contributed by atoms with Crippen molar-refractivity contribution in [2.24, 2.45) is 11.3 Å². The zero-order valence-corrected chi connectivity index (χ0v) is 9.53. The number of ether oxygens (including phenoxy) is 1. The van der Waals surface area contributed by atoms with Gasteiger partial charge in [-0.25, -0.2) is 8.78 Å². The number of halogens is 3. The van der Waals surface area contributed by atoms with E-state index in [2.05, 4.69) is 0 Å². The molecule has 2 unspecified atom stereocenters. The van der Waals surface area contributed by atoms with Crippen LogP contribution in [0.3, 0.4) is 0 Å². The summed E-state index contributed by atoms with van der Waals surface area (Å²) in [4.78, 5) is 0. The molecule has 0 aromatic rings. The van der Waals surface area contributed by atoms with Gasteiger partial charge >= 0.3 is 0 Å². The molecule has 1 saturated carbocycles. The highest BCUT2D eigenvalue weighted by molar-refractivity contribution is 6.18. The van der Waals surface area contributed by atoms with Crippen LogP contribution in [0.4, 0.5) is 8.78 Å². The van der Waals surface area contributed by atoms with Crippen LogP contribution in [0.5, 0.6) is 0 Å². The lowest BCUT2D eigenvalue weighted by Gasteiger charge is -2.30. The molecule has 0 N–H and O–H groups in total. The van der Waals surface area contributed by atoms with E-state index in [0.717, 1.165) is 6.42 Å². The highest BCUT2D eigenvalue weighted by Gasteiger charge is 2.48. The van der Waals surface area contributed by atoms with E-state index in [1.165, 1.54) is 0 Å². The molecule has 1 aliphatic carbocycles. The van der Waals surface area contributed by atoms with Gasteiger partial charge in [0.2, 0.25) is 0 Å². The van der Waals surface area contributed by atoms with Crippen molar-refractivity contribution in [3.63, 3.8) is 0 Å². The van der Waals surface area contributed by atoms with Crippen LogP contribution < -0.4 is 0 Å². The summed E-state index contributed by atoms with van der Waals surface area (Å²) >= 11 is 5.91. The summed E-state index contributed by atoms with van der Waals surface area (Å²) in [5, 5.41) is 0. The largest absolute Gasteiger partial charge is 0.381 e. The second-order valence-corrected chi connectivity index (χ2v) is 5.26. The van der Waals surface area contributed by atoms with Crippen molar-refractivity contribution >= 4 is 11.6 Å². The molecule has 0 spiro atoms. The SMILES string of the molecule is FC1(F)CCCC1CC1(CCl)CCOC1. The van der Waals surface area contributed by atoms with Gasteiger partial charge in [0, 0.05) is 30.2 Å². The van der Waals surface area contributed by atoms with Gasteiger partial charge in [0.05, 0.1) is 6.61 Å². The van der Waals surface area contributed by atoms with Crippen molar-refractivity contribution in [2.45, 2.75) is 38.0 Å². The number of alkyl halides is 3. The maximum Gasteiger partial charge on any atom is 0.250 e. The Hall–Kier alpha value is 0.110. The quantitative estimate of drug-likeness (QED) is 0.685. The minimum atomic E-state index is -2.47. The van der Waals surface area contributed by atoms with Crippen LogP contribution in [-0.2, 0) is 4.74 Å². The maximum absolute atomic E-state index is 13.5. The molecule has 2 atom stereocenters. The van der Waals surface area contributed by atoms with Gasteiger partial charge in [-0.05, 0) is 25.7 Å². The molecule has 0 aromatic heterocycles. The Balaban J connectivity index is 2.00. The highest BCUT2D eigenvalue weighted by Crippen LogP contribution is 2.48. The van der Waals surface area contributed by atoms with Gasteiger partial charge in [-0.2, -0.15) is 0 Å². The van der Waals surface area contributed by atoms with Crippen LogP contribution in [0.25, 0.3) is 0 Å². The summed E-state index contributed by atoms with van der Waals surface area (Å²) in [5.41, 5.74) is -0.181. The van der Waals surface area contributed by atoms with E-state index < -0.39 is 11.8 Å². The van der Waals surface area contributed by atoms with Crippen molar-refractivity contribution in [1.82, 2.24) is 0 Å². The number of hydrogen-bond acceptors (Lipinski definition) is 1. The van der Waals surface area contributed by atoms with Crippen LogP contribution in [0.2, 0.25) is 0 Å². The van der Waals surface area contributed by atoms with E-state index >= 15 is 0 Å². The fourth-order valence-electron chi connectivity index (χ4n) is 2.74. The van der Waals surface area contributed by atoms with Crippen molar-refractivity contribution in [3.05, 3.63) is 0 Å². The average Bonchev–Trinajstić information content (AvgIpc) is 2.76. The second-order valence-electron chi connectivity index (χ2n) is 4.99. The van der Waals surface area contributed by atoms with Crippen LogP contribution in [0.1, 0.15) is 32.1 Å². The Bertz CT molecular complexity index is 227. The Labute approximate surface area is 94.1 Å². The molecule has 1 heterocycles. The van der Waals surface area contributed by atoms with E-state index in [1.54, 1.807) is 0 Å². The first kappa shape index (κ1) is 11.6. The van der Waals surface area contributed by atoms with E-state index in [-0.39, 0.29) is 11.8 Å². The first-order chi connectivity index (χ1) is 7.08. The summed E-state index contributed by atoms with van der Waals surface area (Å²) in [6.45, 7) is 1.23. The first-order valence-corrected chi connectivity index (χ1v) is 6.13. The topological polar surface area (TPSA) is 9.23 Å². The highest BCUT2D eigenvalue weighted by atomic mass is 35.5. The summed E-state index contributed by atoms with van der Waals surface area (Å²) in [6, 6.07) is 0. The zero-order chi connectivity index (χ0) is 10.9. The van der Waals surface area contributed by atoms with Crippen molar-refractivity contribution in [1.29, 1.82) is 0 Å². The molecule has 1 saturated heterocycles. The summed E-state index contributed by atoms with van der Waals surface area (Å²) < 4.78 is 32.3. The van der Waals surface area contributed by atoms with Crippen LogP contribution in [0.15, 0.2) is 0 Å². The van der Waals surface area contributed by atoms with E-state index in [4.69, 9.17) is 16.3 Å². The fourth-order valence-corrected chi connectivity index (χ4v) is 3.06. The molecule has 0 radical (unpaired) electrons. The van der Waals surface area contributed by atoms with Gasteiger partial charge in [-0.3, -0.25) is 0 Å². The Morgan fingerprint density at radius 3 is 2.60 bits per heavy atom. The molecule has 2 aliphatic rings. The third-order valence-electron chi connectivity index (χ3n) is 3.81. The minimum absolute atomic E-state index is 0.0525. The summed E-state index contributed by atoms with van der Waals surface area (Å²) in [6.07, 6.45) is 2.71. The number of hydrogen-bond donors (Lipinski definition) is 0. The van der Waals surface area contributed by atoms with Gasteiger partial charge in [-0.15, -0.1) is 11.6 Å². The molecule has 88 valence electrons. The normalized spacial score (nSPS) is 39.8. The smallest absolute Gasteiger partial charge is 0.250 e. The number of rotatable bonds is 3. The molecule has 15 heavy (non-hydrogen) atoms. The molecule has 1 nitrogen and oxygen atoms in total. The van der Waals surface area contributed by atoms with E-state index in [0.29, 0.717) is 38.4 Å². The van der Waals surface area contributed by atoms with E-state index in [1.807, 2.05) is 0 Å². The maximum atomic E-state index is 13.5. The average molecular weight is 239 g/mol. The van der Waals surface area contributed by atoms with Gasteiger partial charge in [0.15, 0.2) is 0 Å². The van der Waals surface area contributed by atoms with Crippen LogP contribution >= 0.6 is 11.6 Å². The predicted octanol–water partition coefficient (Wildman–Crippen LogP) is 3.46. The zero-order valence-electron chi connectivity index (χ0n) is 8.78. The van der Waals surface area contributed by atoms with Gasteiger partial charge in [0.1, 0.15) is 0 Å². The van der Waals surface area contributed by atoms with E-state index in [9.17, 15) is 8.78 Å². The molecule has 1 aliphatic heterocycles. The third-order valence-corrected chi connectivity index (χ3v) is 4.37. The van der Waals surface area contributed by atoms with Gasteiger partial charge < -0.3 is 4.74 Å². The lowest BCUT2D eigenvalue weighted by molar-refractivity contribution is -0.0520. The molecule has 2 fully saturated rings. The molecule has 4 heteroatoms. The standard InChI is InChI=1S/C11H17ClF2O/c12-7-10(4-5-15-8-10)6-9-2-1-3-11(9,13)14/h9H,1-8H2. The Morgan fingerprint density at radius 2 is 2.13 bits per heavy atom. The first-order valence-electron chi connectivity index (χ1n) is 5.60. The van der Waals surface area contributed by atoms with Crippen molar-refractivity contribution < 1.29 is 13.5 Å². The predicted molar refractivity (Wildman–Crippen MR) is 55.5 cm³/mol. The van der Waals surface area contributed by atoms with Crippen LogP contribution in [-0.4, -0.2) is 25.0 Å². The molecule has 0 amide bonds. The molecule has 0 bridgehead atoms. The lowest BCUT2D eigenvalue weighted by atomic mass is 9.79. The van der Waals surface area contributed by atoms with Crippen molar-refractivity contribution in [3.8, 4) is 0 Å². The monoisotopic (exact) mass is 238 g/mol. The molecular formula is C11H17ClF2O. The van der Waals surface area contributed by atoms with Gasteiger partial charge in [0.25, 0.3) is 5.92 Å². The fraction of sp³-hybridized carbons (Fsp3) is 1.00. The molecular weight excluding hydrogens is 222 g/mol. The summed E-state index contributed by atoms with van der Waals surface area (Å²) in [7, 11) is 0. The van der Waals surface area contributed by atoms with Crippen LogP contribution in [0, 0.1) is 11.3 Å². The van der Waals surface area contributed by atoms with Gasteiger partial charge in [-0.1, -0.05) is 0 Å². The summed E-state index contributed by atoms with van der Waals surface area (Å²) in [5.74, 6) is -2.50. The Kier molecular flexibility index (Phi) is 3.22. The molecule has 0 aromatic carbocycles. The third kappa shape index (κ3) is 2.28. The van der Waals surface area contributed by atoms with Crippen molar-refractivity contribution in [2.75, 3.05) is 19.1 Å². The Morgan fingerprint density at radius 1 is 1.33 bits per heavy atom. The molecule has 2 rings (SSSR count). The lowest BCUT2D eigenvalue weighted by Crippen LogP contribution is -2.32.